The molecule has 4 aliphatic rings. The van der Waals surface area contributed by atoms with Gasteiger partial charge in [0, 0.05) is 11.3 Å². The van der Waals surface area contributed by atoms with Gasteiger partial charge in [0.15, 0.2) is 5.78 Å². The van der Waals surface area contributed by atoms with E-state index in [1.165, 1.54) is 6.92 Å². The lowest BCUT2D eigenvalue weighted by atomic mass is 9.46. The maximum absolute atomic E-state index is 13.3. The summed E-state index contributed by atoms with van der Waals surface area (Å²) in [6, 6.07) is 6.94. The van der Waals surface area contributed by atoms with E-state index in [4.69, 9.17) is 11.6 Å². The van der Waals surface area contributed by atoms with Crippen LogP contribution in [0.1, 0.15) is 62.2 Å². The average molecular weight is 456 g/mol. The number of carbonyl (C=O) groups excluding carboxylic acids is 1. The van der Waals surface area contributed by atoms with E-state index in [-0.39, 0.29) is 28.2 Å². The molecule has 0 spiro atoms. The standard InChI is InChI=1S/C24H26ClN3O4/c1-14(29)17-2-4-18(5-3-17)27-19-12-26-28(22(32)21(19)25)24-9-15-6-16(10-24)8-23(7-15,13-24)11-20(30)31/h2-5,12,15-16,27H,6-11,13H2,1H3,(H,30,31)/t15-,16-,23?,24?/m0/s1. The van der Waals surface area contributed by atoms with Crippen molar-refractivity contribution in [2.24, 2.45) is 17.3 Å². The molecule has 8 heteroatoms. The highest BCUT2D eigenvalue weighted by Gasteiger charge is 2.59. The van der Waals surface area contributed by atoms with E-state index < -0.39 is 11.5 Å². The van der Waals surface area contributed by atoms with Gasteiger partial charge >= 0.3 is 5.97 Å². The smallest absolute Gasteiger partial charge is 0.303 e. The number of carbonyl (C=O) groups is 2. The molecular formula is C24H26ClN3O4. The predicted molar refractivity (Wildman–Crippen MR) is 121 cm³/mol. The first-order valence-corrected chi connectivity index (χ1v) is 11.4. The van der Waals surface area contributed by atoms with Crippen molar-refractivity contribution in [3.8, 4) is 0 Å². The molecule has 2 N–H and O–H groups in total. The fourth-order valence-corrected chi connectivity index (χ4v) is 7.16. The zero-order chi connectivity index (χ0) is 22.7. The molecule has 168 valence electrons. The van der Waals surface area contributed by atoms with Crippen LogP contribution in [0.5, 0.6) is 0 Å². The van der Waals surface area contributed by atoms with E-state index in [1.54, 1.807) is 35.1 Å². The first-order chi connectivity index (χ1) is 15.2. The highest BCUT2D eigenvalue weighted by Crippen LogP contribution is 2.65. The molecule has 6 rings (SSSR count). The summed E-state index contributed by atoms with van der Waals surface area (Å²) in [7, 11) is 0. The summed E-state index contributed by atoms with van der Waals surface area (Å²) in [5.41, 5.74) is 0.664. The highest BCUT2D eigenvalue weighted by atomic mass is 35.5. The van der Waals surface area contributed by atoms with Crippen LogP contribution in [0.3, 0.4) is 0 Å². The molecule has 0 amide bonds. The molecule has 4 aliphatic carbocycles. The topological polar surface area (TPSA) is 101 Å². The minimum atomic E-state index is -0.768. The monoisotopic (exact) mass is 455 g/mol. The van der Waals surface area contributed by atoms with Crippen LogP contribution in [0.15, 0.2) is 35.3 Å². The second kappa shape index (κ2) is 7.44. The first kappa shape index (κ1) is 21.2. The Bertz CT molecular complexity index is 1140. The van der Waals surface area contributed by atoms with Crippen molar-refractivity contribution in [2.45, 2.75) is 57.4 Å². The van der Waals surface area contributed by atoms with Crippen LogP contribution in [0, 0.1) is 17.3 Å². The molecule has 32 heavy (non-hydrogen) atoms. The van der Waals surface area contributed by atoms with Crippen LogP contribution >= 0.6 is 11.6 Å². The highest BCUT2D eigenvalue weighted by molar-refractivity contribution is 6.33. The normalized spacial score (nSPS) is 30.3. The van der Waals surface area contributed by atoms with Crippen molar-refractivity contribution in [3.05, 3.63) is 51.4 Å². The summed E-state index contributed by atoms with van der Waals surface area (Å²) < 4.78 is 1.55. The van der Waals surface area contributed by atoms with Gasteiger partial charge in [0.25, 0.3) is 5.56 Å². The Balaban J connectivity index is 1.46. The average Bonchev–Trinajstić information content (AvgIpc) is 2.69. The van der Waals surface area contributed by atoms with Gasteiger partial charge in [0.1, 0.15) is 5.02 Å². The van der Waals surface area contributed by atoms with Crippen molar-refractivity contribution >= 4 is 34.7 Å². The van der Waals surface area contributed by atoms with Crippen molar-refractivity contribution in [3.63, 3.8) is 0 Å². The summed E-state index contributed by atoms with van der Waals surface area (Å²) in [6.45, 7) is 1.51. The number of carboxylic acids is 1. The number of nitrogens with zero attached hydrogens (tertiary/aromatic N) is 2. The number of benzene rings is 1. The van der Waals surface area contributed by atoms with Crippen LogP contribution in [0.2, 0.25) is 5.02 Å². The second-order valence-electron chi connectivity index (χ2n) is 10.1. The molecule has 0 aliphatic heterocycles. The van der Waals surface area contributed by atoms with Crippen LogP contribution in [-0.4, -0.2) is 26.6 Å². The number of aliphatic carboxylic acids is 1. The van der Waals surface area contributed by atoms with Crippen LogP contribution in [0.25, 0.3) is 0 Å². The lowest BCUT2D eigenvalue weighted by molar-refractivity contribution is -0.151. The molecule has 4 saturated carbocycles. The van der Waals surface area contributed by atoms with Gasteiger partial charge in [-0.2, -0.15) is 5.10 Å². The third-order valence-corrected chi connectivity index (χ3v) is 7.98. The SMILES string of the molecule is CC(=O)c1ccc(Nc2cnn(C34C[C@H]5C[C@@H](CC(CC(=O)O)(C5)C3)C4)c(=O)c2Cl)cc1. The number of hydrogen-bond acceptors (Lipinski definition) is 5. The molecule has 1 aromatic heterocycles. The van der Waals surface area contributed by atoms with E-state index in [0.29, 0.717) is 35.2 Å². The Morgan fingerprint density at radius 3 is 2.44 bits per heavy atom. The minimum Gasteiger partial charge on any atom is -0.481 e. The molecule has 4 fully saturated rings. The molecule has 2 aromatic rings. The van der Waals surface area contributed by atoms with Gasteiger partial charge in [-0.1, -0.05) is 11.6 Å². The third-order valence-electron chi connectivity index (χ3n) is 7.62. The molecule has 0 radical (unpaired) electrons. The fraction of sp³-hybridized carbons (Fsp3) is 0.500. The van der Waals surface area contributed by atoms with Gasteiger partial charge in [0.2, 0.25) is 0 Å². The largest absolute Gasteiger partial charge is 0.481 e. The fourth-order valence-electron chi connectivity index (χ4n) is 6.98. The summed E-state index contributed by atoms with van der Waals surface area (Å²) in [4.78, 5) is 36.4. The van der Waals surface area contributed by atoms with Gasteiger partial charge in [-0.15, -0.1) is 0 Å². The van der Waals surface area contributed by atoms with Gasteiger partial charge in [-0.05, 0) is 87.0 Å². The number of hydrogen-bond donors (Lipinski definition) is 2. The summed E-state index contributed by atoms with van der Waals surface area (Å²) in [6.07, 6.45) is 7.07. The maximum Gasteiger partial charge on any atom is 0.303 e. The summed E-state index contributed by atoms with van der Waals surface area (Å²) in [5.74, 6) is 0.0761. The van der Waals surface area contributed by atoms with Crippen LogP contribution in [-0.2, 0) is 10.3 Å². The Kier molecular flexibility index (Phi) is 4.93. The number of Topliss-reactive ketones (excluding diaryl/α,β-unsaturated/α-hetero) is 1. The zero-order valence-corrected chi connectivity index (χ0v) is 18.7. The Hall–Kier alpha value is -2.67. The Morgan fingerprint density at radius 2 is 1.84 bits per heavy atom. The summed E-state index contributed by atoms with van der Waals surface area (Å²) in [5, 5.41) is 17.2. The third kappa shape index (κ3) is 3.52. The minimum absolute atomic E-state index is 0.0184. The van der Waals surface area contributed by atoms with E-state index >= 15 is 0 Å². The van der Waals surface area contributed by atoms with Crippen molar-refractivity contribution < 1.29 is 14.7 Å². The number of anilines is 2. The van der Waals surface area contributed by atoms with Gasteiger partial charge in [-0.25, -0.2) is 4.68 Å². The van der Waals surface area contributed by atoms with Crippen molar-refractivity contribution in [1.29, 1.82) is 0 Å². The van der Waals surface area contributed by atoms with Gasteiger partial charge in [-0.3, -0.25) is 14.4 Å². The second-order valence-corrected chi connectivity index (χ2v) is 10.5. The van der Waals surface area contributed by atoms with E-state index in [0.717, 1.165) is 32.1 Å². The summed E-state index contributed by atoms with van der Waals surface area (Å²) >= 11 is 6.51. The Morgan fingerprint density at radius 1 is 1.19 bits per heavy atom. The van der Waals surface area contributed by atoms with Gasteiger partial charge in [0.05, 0.1) is 23.8 Å². The van der Waals surface area contributed by atoms with Crippen molar-refractivity contribution in [2.75, 3.05) is 5.32 Å². The van der Waals surface area contributed by atoms with Crippen molar-refractivity contribution in [1.82, 2.24) is 9.78 Å². The lowest BCUT2D eigenvalue weighted by Gasteiger charge is -2.61. The van der Waals surface area contributed by atoms with Gasteiger partial charge < -0.3 is 10.4 Å². The predicted octanol–water partition coefficient (Wildman–Crippen LogP) is 4.61. The molecular weight excluding hydrogens is 430 g/mol. The first-order valence-electron chi connectivity index (χ1n) is 11.1. The lowest BCUT2D eigenvalue weighted by Crippen LogP contribution is -2.59. The molecule has 0 unspecified atom stereocenters. The van der Waals surface area contributed by atoms with E-state index in [2.05, 4.69) is 10.4 Å². The molecule has 0 saturated heterocycles. The maximum atomic E-state index is 13.3. The number of ketones is 1. The molecule has 2 atom stereocenters. The molecule has 1 aromatic carbocycles. The van der Waals surface area contributed by atoms with E-state index in [9.17, 15) is 19.5 Å². The van der Waals surface area contributed by atoms with Crippen LogP contribution < -0.4 is 10.9 Å². The number of aromatic nitrogens is 2. The van der Waals surface area contributed by atoms with E-state index in [1.807, 2.05) is 0 Å². The number of rotatable bonds is 6. The number of carboxylic acid groups (broad SMARTS) is 1. The molecule has 7 nitrogen and oxygen atoms in total. The molecule has 4 bridgehead atoms. The number of halogens is 1. The zero-order valence-electron chi connectivity index (χ0n) is 17.9. The van der Waals surface area contributed by atoms with Crippen LogP contribution in [0.4, 0.5) is 11.4 Å². The number of nitrogens with one attached hydrogen (secondary N) is 1. The molecule has 1 heterocycles. The Labute approximate surface area is 190 Å². The quantitative estimate of drug-likeness (QED) is 0.616.